The van der Waals surface area contributed by atoms with Crippen molar-refractivity contribution >= 4 is 9.84 Å². The van der Waals surface area contributed by atoms with Crippen molar-refractivity contribution in [1.82, 2.24) is 5.32 Å². The SMILES string of the molecule is CCNC1CCC(C(C)C)CC1S(C)(=O)=O. The maximum atomic E-state index is 11.8. The van der Waals surface area contributed by atoms with Gasteiger partial charge in [-0.25, -0.2) is 8.42 Å². The van der Waals surface area contributed by atoms with Gasteiger partial charge in [-0.15, -0.1) is 0 Å². The Labute approximate surface area is 99.9 Å². The summed E-state index contributed by atoms with van der Waals surface area (Å²) in [4.78, 5) is 0. The summed E-state index contributed by atoms with van der Waals surface area (Å²) in [5, 5.41) is 3.13. The van der Waals surface area contributed by atoms with Crippen LogP contribution in [0.1, 0.15) is 40.0 Å². The zero-order chi connectivity index (χ0) is 12.3. The molecule has 4 heteroatoms. The molecule has 3 unspecified atom stereocenters. The van der Waals surface area contributed by atoms with Gasteiger partial charge in [0.1, 0.15) is 0 Å². The summed E-state index contributed by atoms with van der Waals surface area (Å²) in [6.45, 7) is 7.27. The van der Waals surface area contributed by atoms with Gasteiger partial charge in [0.25, 0.3) is 0 Å². The summed E-state index contributed by atoms with van der Waals surface area (Å²) in [5.74, 6) is 1.15. The lowest BCUT2D eigenvalue weighted by atomic mass is 9.79. The molecule has 1 fully saturated rings. The minimum absolute atomic E-state index is 0.162. The first-order chi connectivity index (χ1) is 7.36. The molecule has 0 amide bonds. The summed E-state index contributed by atoms with van der Waals surface area (Å²) >= 11 is 0. The Hall–Kier alpha value is -0.0900. The van der Waals surface area contributed by atoms with Crippen LogP contribution in [0.4, 0.5) is 0 Å². The zero-order valence-corrected chi connectivity index (χ0v) is 11.7. The van der Waals surface area contributed by atoms with E-state index in [1.54, 1.807) is 0 Å². The molecule has 1 rings (SSSR count). The van der Waals surface area contributed by atoms with E-state index < -0.39 is 9.84 Å². The second-order valence-corrected chi connectivity index (χ2v) is 7.61. The van der Waals surface area contributed by atoms with Gasteiger partial charge < -0.3 is 5.32 Å². The molecule has 0 saturated heterocycles. The molecule has 1 aliphatic carbocycles. The quantitative estimate of drug-likeness (QED) is 0.824. The molecule has 96 valence electrons. The highest BCUT2D eigenvalue weighted by atomic mass is 32.2. The fraction of sp³-hybridized carbons (Fsp3) is 1.00. The topological polar surface area (TPSA) is 46.2 Å². The van der Waals surface area contributed by atoms with E-state index >= 15 is 0 Å². The van der Waals surface area contributed by atoms with Crippen molar-refractivity contribution in [3.05, 3.63) is 0 Å². The first kappa shape index (κ1) is 14.0. The van der Waals surface area contributed by atoms with Crippen LogP contribution in [0.2, 0.25) is 0 Å². The van der Waals surface area contributed by atoms with E-state index in [1.807, 2.05) is 6.92 Å². The lowest BCUT2D eigenvalue weighted by Crippen LogP contribution is -2.48. The molecule has 3 nitrogen and oxygen atoms in total. The van der Waals surface area contributed by atoms with Crippen LogP contribution in [0.15, 0.2) is 0 Å². The maximum absolute atomic E-state index is 11.8. The van der Waals surface area contributed by atoms with Gasteiger partial charge in [0.2, 0.25) is 0 Å². The van der Waals surface area contributed by atoms with Crippen LogP contribution >= 0.6 is 0 Å². The largest absolute Gasteiger partial charge is 0.313 e. The highest BCUT2D eigenvalue weighted by Gasteiger charge is 2.37. The van der Waals surface area contributed by atoms with Gasteiger partial charge in [0, 0.05) is 12.3 Å². The fourth-order valence-corrected chi connectivity index (χ4v) is 4.16. The summed E-state index contributed by atoms with van der Waals surface area (Å²) in [6.07, 6.45) is 4.36. The molecule has 0 bridgehead atoms. The van der Waals surface area contributed by atoms with Crippen molar-refractivity contribution in [3.8, 4) is 0 Å². The summed E-state index contributed by atoms with van der Waals surface area (Å²) in [6, 6.07) is 0.162. The van der Waals surface area contributed by atoms with Gasteiger partial charge in [-0.1, -0.05) is 20.8 Å². The Kier molecular flexibility index (Phi) is 4.80. The maximum Gasteiger partial charge on any atom is 0.151 e. The van der Waals surface area contributed by atoms with Gasteiger partial charge in [0.15, 0.2) is 9.84 Å². The monoisotopic (exact) mass is 247 g/mol. The predicted octanol–water partition coefficient (Wildman–Crippen LogP) is 1.83. The fourth-order valence-electron chi connectivity index (χ4n) is 2.73. The molecule has 3 atom stereocenters. The number of hydrogen-bond donors (Lipinski definition) is 1. The van der Waals surface area contributed by atoms with Gasteiger partial charge in [-0.2, -0.15) is 0 Å². The minimum Gasteiger partial charge on any atom is -0.313 e. The van der Waals surface area contributed by atoms with Crippen LogP contribution < -0.4 is 5.32 Å². The van der Waals surface area contributed by atoms with E-state index in [9.17, 15) is 8.42 Å². The van der Waals surface area contributed by atoms with Crippen molar-refractivity contribution in [2.45, 2.75) is 51.3 Å². The van der Waals surface area contributed by atoms with Crippen molar-refractivity contribution < 1.29 is 8.42 Å². The summed E-state index contributed by atoms with van der Waals surface area (Å²) in [7, 11) is -2.93. The van der Waals surface area contributed by atoms with E-state index in [1.165, 1.54) is 6.26 Å². The second-order valence-electron chi connectivity index (χ2n) is 5.35. The highest BCUT2D eigenvalue weighted by molar-refractivity contribution is 7.91. The van der Waals surface area contributed by atoms with Crippen molar-refractivity contribution in [3.63, 3.8) is 0 Å². The minimum atomic E-state index is -2.93. The number of rotatable bonds is 4. The van der Waals surface area contributed by atoms with E-state index in [0.29, 0.717) is 11.8 Å². The lowest BCUT2D eigenvalue weighted by Gasteiger charge is -2.37. The molecule has 16 heavy (non-hydrogen) atoms. The van der Waals surface area contributed by atoms with Gasteiger partial charge in [-0.05, 0) is 37.6 Å². The molecule has 0 spiro atoms. The molecular weight excluding hydrogens is 222 g/mol. The number of sulfone groups is 1. The van der Waals surface area contributed by atoms with E-state index in [2.05, 4.69) is 19.2 Å². The molecular formula is C12H25NO2S. The third-order valence-electron chi connectivity index (χ3n) is 3.79. The first-order valence-electron chi connectivity index (χ1n) is 6.28. The Morgan fingerprint density at radius 1 is 1.31 bits per heavy atom. The average Bonchev–Trinajstić information content (AvgIpc) is 2.16. The van der Waals surface area contributed by atoms with Gasteiger partial charge in [-0.3, -0.25) is 0 Å². The Morgan fingerprint density at radius 3 is 2.38 bits per heavy atom. The van der Waals surface area contributed by atoms with Crippen molar-refractivity contribution in [2.75, 3.05) is 12.8 Å². The normalized spacial score (nSPS) is 31.9. The van der Waals surface area contributed by atoms with Crippen LogP contribution in [0.5, 0.6) is 0 Å². The second kappa shape index (κ2) is 5.50. The smallest absolute Gasteiger partial charge is 0.151 e. The lowest BCUT2D eigenvalue weighted by molar-refractivity contribution is 0.242. The number of hydrogen-bond acceptors (Lipinski definition) is 3. The first-order valence-corrected chi connectivity index (χ1v) is 8.24. The summed E-state index contributed by atoms with van der Waals surface area (Å²) < 4.78 is 23.6. The molecule has 0 aliphatic heterocycles. The Bertz CT molecular complexity index is 311. The van der Waals surface area contributed by atoms with E-state index in [-0.39, 0.29) is 11.3 Å². The molecule has 0 heterocycles. The molecule has 0 aromatic heterocycles. The van der Waals surface area contributed by atoms with E-state index in [0.717, 1.165) is 25.8 Å². The predicted molar refractivity (Wildman–Crippen MR) is 68.3 cm³/mol. The Balaban J connectivity index is 2.78. The highest BCUT2D eigenvalue weighted by Crippen LogP contribution is 2.33. The average molecular weight is 247 g/mol. The van der Waals surface area contributed by atoms with Crippen LogP contribution in [-0.4, -0.2) is 32.5 Å². The molecule has 0 aromatic carbocycles. The summed E-state index contributed by atoms with van der Waals surface area (Å²) in [5.41, 5.74) is 0. The van der Waals surface area contributed by atoms with E-state index in [4.69, 9.17) is 0 Å². The van der Waals surface area contributed by atoms with Gasteiger partial charge >= 0.3 is 0 Å². The molecule has 1 N–H and O–H groups in total. The molecule has 0 radical (unpaired) electrons. The van der Waals surface area contributed by atoms with Crippen molar-refractivity contribution in [2.24, 2.45) is 11.8 Å². The third kappa shape index (κ3) is 3.45. The zero-order valence-electron chi connectivity index (χ0n) is 10.9. The Morgan fingerprint density at radius 2 is 1.94 bits per heavy atom. The van der Waals surface area contributed by atoms with Crippen LogP contribution in [0.25, 0.3) is 0 Å². The van der Waals surface area contributed by atoms with Gasteiger partial charge in [0.05, 0.1) is 5.25 Å². The van der Waals surface area contributed by atoms with Crippen LogP contribution in [0.3, 0.4) is 0 Å². The third-order valence-corrected chi connectivity index (χ3v) is 5.41. The van der Waals surface area contributed by atoms with Crippen LogP contribution in [0, 0.1) is 11.8 Å². The molecule has 1 saturated carbocycles. The molecule has 1 aliphatic rings. The van der Waals surface area contributed by atoms with Crippen LogP contribution in [-0.2, 0) is 9.84 Å². The molecule has 0 aromatic rings. The standard InChI is InChI=1S/C12H25NO2S/c1-5-13-11-7-6-10(9(2)3)8-12(11)16(4,14)15/h9-13H,5-8H2,1-4H3. The number of nitrogens with one attached hydrogen (secondary N) is 1. The van der Waals surface area contributed by atoms with Crippen molar-refractivity contribution in [1.29, 1.82) is 0 Å².